The number of nitrogens with zero attached hydrogens (tertiary/aromatic N) is 1. The van der Waals surface area contributed by atoms with Crippen molar-refractivity contribution < 1.29 is 4.79 Å². The maximum absolute atomic E-state index is 11.3. The Labute approximate surface area is 78.6 Å². The first-order valence-corrected chi connectivity index (χ1v) is 5.33. The number of piperidine rings is 3. The molecule has 70 valence electrons. The van der Waals surface area contributed by atoms with Crippen LogP contribution < -0.4 is 0 Å². The van der Waals surface area contributed by atoms with E-state index in [-0.39, 0.29) is 0 Å². The molecule has 2 nitrogen and oxygen atoms in total. The highest BCUT2D eigenvalue weighted by Crippen LogP contribution is 2.40. The fourth-order valence-corrected chi connectivity index (χ4v) is 3.13. The van der Waals surface area contributed by atoms with E-state index in [1.807, 2.05) is 6.08 Å². The number of hydrogen-bond acceptors (Lipinski definition) is 2. The molecule has 0 aromatic carbocycles. The van der Waals surface area contributed by atoms with Crippen molar-refractivity contribution in [1.29, 1.82) is 0 Å². The zero-order valence-electron chi connectivity index (χ0n) is 7.83. The summed E-state index contributed by atoms with van der Waals surface area (Å²) in [4.78, 5) is 13.9. The van der Waals surface area contributed by atoms with Gasteiger partial charge < -0.3 is 0 Å². The van der Waals surface area contributed by atoms with Crippen LogP contribution in [0.1, 0.15) is 25.7 Å². The Morgan fingerprint density at radius 2 is 2.00 bits per heavy atom. The van der Waals surface area contributed by atoms with Crippen LogP contribution in [0.4, 0.5) is 0 Å². The lowest BCUT2D eigenvalue weighted by Crippen LogP contribution is -2.51. The van der Waals surface area contributed by atoms with Crippen LogP contribution in [0.5, 0.6) is 0 Å². The number of carbonyl (C=O) groups excluding carboxylic acids is 1. The molecule has 2 heteroatoms. The molecule has 3 heterocycles. The van der Waals surface area contributed by atoms with Gasteiger partial charge in [0.15, 0.2) is 5.78 Å². The summed E-state index contributed by atoms with van der Waals surface area (Å²) in [6.07, 6.45) is 6.38. The van der Waals surface area contributed by atoms with Gasteiger partial charge in [0.25, 0.3) is 0 Å². The maximum atomic E-state index is 11.3. The molecule has 1 aliphatic carbocycles. The van der Waals surface area contributed by atoms with E-state index in [1.165, 1.54) is 31.5 Å². The van der Waals surface area contributed by atoms with Crippen molar-refractivity contribution in [1.82, 2.24) is 4.90 Å². The van der Waals surface area contributed by atoms with Gasteiger partial charge in [-0.2, -0.15) is 0 Å². The molecule has 2 bridgehead atoms. The molecule has 13 heavy (non-hydrogen) atoms. The summed E-state index contributed by atoms with van der Waals surface area (Å²) >= 11 is 0. The maximum Gasteiger partial charge on any atom is 0.155 e. The molecular formula is C11H15NO. The fourth-order valence-electron chi connectivity index (χ4n) is 3.13. The van der Waals surface area contributed by atoms with Gasteiger partial charge >= 0.3 is 0 Å². The quantitative estimate of drug-likeness (QED) is 0.557. The summed E-state index contributed by atoms with van der Waals surface area (Å²) in [6, 6.07) is 0.644. The Kier molecular flexibility index (Phi) is 1.59. The van der Waals surface area contributed by atoms with Gasteiger partial charge in [-0.15, -0.1) is 0 Å². The minimum atomic E-state index is 0.361. The van der Waals surface area contributed by atoms with Gasteiger partial charge in [-0.3, -0.25) is 9.69 Å². The summed E-state index contributed by atoms with van der Waals surface area (Å²) in [5.41, 5.74) is 1.47. The Balaban J connectivity index is 1.98. The lowest BCUT2D eigenvalue weighted by atomic mass is 9.74. The minimum Gasteiger partial charge on any atom is -0.297 e. The Morgan fingerprint density at radius 3 is 2.77 bits per heavy atom. The van der Waals surface area contributed by atoms with Gasteiger partial charge in [0.2, 0.25) is 0 Å². The minimum absolute atomic E-state index is 0.361. The Hall–Kier alpha value is -0.630. The molecule has 4 rings (SSSR count). The van der Waals surface area contributed by atoms with Gasteiger partial charge in [-0.1, -0.05) is 0 Å². The SMILES string of the molecule is O=C1C=C2C3CCN(CC3)[C@@H]2CC1. The van der Waals surface area contributed by atoms with Crippen molar-refractivity contribution in [3.05, 3.63) is 11.6 Å². The van der Waals surface area contributed by atoms with Crippen molar-refractivity contribution in [2.24, 2.45) is 5.92 Å². The number of hydrogen-bond donors (Lipinski definition) is 0. The second kappa shape index (κ2) is 2.68. The Bertz CT molecular complexity index is 274. The zero-order valence-corrected chi connectivity index (χ0v) is 7.83. The van der Waals surface area contributed by atoms with Gasteiger partial charge in [0.05, 0.1) is 0 Å². The molecule has 0 spiro atoms. The Morgan fingerprint density at radius 1 is 1.23 bits per heavy atom. The van der Waals surface area contributed by atoms with Gasteiger partial charge in [-0.05, 0) is 49.9 Å². The highest BCUT2D eigenvalue weighted by Gasteiger charge is 2.39. The topological polar surface area (TPSA) is 20.3 Å². The molecule has 0 saturated carbocycles. The predicted octanol–water partition coefficient (Wildman–Crippen LogP) is 1.37. The third kappa shape index (κ3) is 1.08. The molecule has 4 aliphatic rings. The van der Waals surface area contributed by atoms with E-state index in [2.05, 4.69) is 4.90 Å². The molecule has 0 unspecified atom stereocenters. The first kappa shape index (κ1) is 7.74. The van der Waals surface area contributed by atoms with Crippen LogP contribution in [0, 0.1) is 5.92 Å². The summed E-state index contributed by atoms with van der Waals surface area (Å²) in [5, 5.41) is 0. The summed E-state index contributed by atoms with van der Waals surface area (Å²) in [5.74, 6) is 1.11. The standard InChI is InChI=1S/C11H15NO/c13-9-1-2-11-10(7-9)8-3-5-12(11)6-4-8/h7-8,11H,1-6H2/t11-/m1/s1. The highest BCUT2D eigenvalue weighted by molar-refractivity contribution is 5.91. The average Bonchev–Trinajstić information content (AvgIpc) is 2.19. The fraction of sp³-hybridized carbons (Fsp3) is 0.727. The molecule has 0 aromatic heterocycles. The number of allylic oxidation sites excluding steroid dienone is 1. The molecule has 0 N–H and O–H groups in total. The van der Waals surface area contributed by atoms with Gasteiger partial charge in [-0.25, -0.2) is 0 Å². The van der Waals surface area contributed by atoms with Crippen LogP contribution in [-0.4, -0.2) is 29.8 Å². The summed E-state index contributed by atoms with van der Waals surface area (Å²) in [7, 11) is 0. The van der Waals surface area contributed by atoms with Crippen LogP contribution in [0.25, 0.3) is 0 Å². The van der Waals surface area contributed by atoms with Crippen molar-refractivity contribution >= 4 is 5.78 Å². The number of fused-ring (bicyclic) bond motifs is 2. The van der Waals surface area contributed by atoms with E-state index in [0.717, 1.165) is 18.8 Å². The lowest BCUT2D eigenvalue weighted by molar-refractivity contribution is -0.115. The van der Waals surface area contributed by atoms with Crippen molar-refractivity contribution in [2.45, 2.75) is 31.7 Å². The highest BCUT2D eigenvalue weighted by atomic mass is 16.1. The molecular weight excluding hydrogens is 162 g/mol. The van der Waals surface area contributed by atoms with Crippen molar-refractivity contribution in [3.8, 4) is 0 Å². The van der Waals surface area contributed by atoms with Crippen LogP contribution in [0.3, 0.4) is 0 Å². The van der Waals surface area contributed by atoms with E-state index < -0.39 is 0 Å². The van der Waals surface area contributed by atoms with Crippen LogP contribution >= 0.6 is 0 Å². The predicted molar refractivity (Wildman–Crippen MR) is 50.4 cm³/mol. The van der Waals surface area contributed by atoms with Crippen molar-refractivity contribution in [3.63, 3.8) is 0 Å². The average molecular weight is 177 g/mol. The first-order chi connectivity index (χ1) is 6.34. The number of ketones is 1. The number of carbonyl (C=O) groups is 1. The molecule has 0 radical (unpaired) electrons. The van der Waals surface area contributed by atoms with E-state index >= 15 is 0 Å². The second-order valence-electron chi connectivity index (χ2n) is 4.48. The van der Waals surface area contributed by atoms with E-state index in [0.29, 0.717) is 11.8 Å². The van der Waals surface area contributed by atoms with E-state index in [4.69, 9.17) is 0 Å². The largest absolute Gasteiger partial charge is 0.297 e. The second-order valence-corrected chi connectivity index (χ2v) is 4.48. The van der Waals surface area contributed by atoms with E-state index in [9.17, 15) is 4.79 Å². The normalized spacial score (nSPS) is 42.9. The van der Waals surface area contributed by atoms with Crippen molar-refractivity contribution in [2.75, 3.05) is 13.1 Å². The third-order valence-corrected chi connectivity index (χ3v) is 3.82. The van der Waals surface area contributed by atoms with Crippen LogP contribution in [-0.2, 0) is 4.79 Å². The summed E-state index contributed by atoms with van der Waals surface area (Å²) in [6.45, 7) is 2.53. The molecule has 1 atom stereocenters. The first-order valence-electron chi connectivity index (χ1n) is 5.33. The number of rotatable bonds is 0. The molecule has 3 fully saturated rings. The molecule has 3 saturated heterocycles. The van der Waals surface area contributed by atoms with Crippen LogP contribution in [0.15, 0.2) is 11.6 Å². The monoisotopic (exact) mass is 177 g/mol. The molecule has 0 aromatic rings. The molecule has 0 amide bonds. The summed E-state index contributed by atoms with van der Waals surface area (Å²) < 4.78 is 0. The third-order valence-electron chi connectivity index (χ3n) is 3.82. The van der Waals surface area contributed by atoms with Gasteiger partial charge in [0.1, 0.15) is 0 Å². The zero-order chi connectivity index (χ0) is 8.84. The molecule has 3 aliphatic heterocycles. The smallest absolute Gasteiger partial charge is 0.155 e. The lowest BCUT2D eigenvalue weighted by Gasteiger charge is -2.48. The van der Waals surface area contributed by atoms with Crippen LogP contribution in [0.2, 0.25) is 0 Å². The van der Waals surface area contributed by atoms with Gasteiger partial charge in [0, 0.05) is 12.5 Å². The van der Waals surface area contributed by atoms with E-state index in [1.54, 1.807) is 0 Å².